The molecule has 0 fully saturated rings. The Balaban J connectivity index is 3.44. The molecule has 0 aromatic rings. The van der Waals surface area contributed by atoms with Gasteiger partial charge in [0.25, 0.3) is 0 Å². The van der Waals surface area contributed by atoms with Crippen LogP contribution in [0.15, 0.2) is 12.2 Å². The van der Waals surface area contributed by atoms with E-state index >= 15 is 0 Å². The second-order valence-corrected chi connectivity index (χ2v) is 1.97. The molecule has 0 saturated heterocycles. The SMILES string of the molecule is CCON(C)CC=CC(=O)O. The van der Waals surface area contributed by atoms with E-state index in [1.165, 1.54) is 6.08 Å². The fourth-order valence-corrected chi connectivity index (χ4v) is 0.575. The van der Waals surface area contributed by atoms with Crippen LogP contribution in [0.3, 0.4) is 0 Å². The maximum absolute atomic E-state index is 9.99. The van der Waals surface area contributed by atoms with Crippen LogP contribution in [-0.2, 0) is 9.63 Å². The van der Waals surface area contributed by atoms with E-state index in [9.17, 15) is 4.79 Å². The number of carboxylic acids is 1. The summed E-state index contributed by atoms with van der Waals surface area (Å²) in [6.07, 6.45) is 2.62. The van der Waals surface area contributed by atoms with Crippen LogP contribution in [0.2, 0.25) is 0 Å². The first kappa shape index (κ1) is 10.1. The Hall–Kier alpha value is -0.870. The van der Waals surface area contributed by atoms with E-state index in [0.29, 0.717) is 13.2 Å². The Bertz CT molecular complexity index is 145. The molecule has 11 heavy (non-hydrogen) atoms. The van der Waals surface area contributed by atoms with Gasteiger partial charge in [-0.15, -0.1) is 0 Å². The highest BCUT2D eigenvalue weighted by molar-refractivity contribution is 5.79. The van der Waals surface area contributed by atoms with Gasteiger partial charge in [0.1, 0.15) is 0 Å². The number of likely N-dealkylation sites (N-methyl/N-ethyl adjacent to an activating group) is 1. The molecule has 64 valence electrons. The minimum atomic E-state index is -0.935. The molecule has 0 radical (unpaired) electrons. The molecular weight excluding hydrogens is 146 g/mol. The van der Waals surface area contributed by atoms with Crippen molar-refractivity contribution in [3.05, 3.63) is 12.2 Å². The highest BCUT2D eigenvalue weighted by atomic mass is 16.7. The Labute approximate surface area is 66.0 Å². The summed E-state index contributed by atoms with van der Waals surface area (Å²) in [6, 6.07) is 0. The van der Waals surface area contributed by atoms with Crippen LogP contribution in [-0.4, -0.2) is 36.3 Å². The van der Waals surface area contributed by atoms with E-state index in [-0.39, 0.29) is 0 Å². The number of carbonyl (C=O) groups is 1. The van der Waals surface area contributed by atoms with E-state index in [1.807, 2.05) is 6.92 Å². The predicted octanol–water partition coefficient (Wildman–Crippen LogP) is 0.510. The quantitative estimate of drug-likeness (QED) is 0.469. The molecule has 0 rings (SSSR count). The minimum Gasteiger partial charge on any atom is -0.478 e. The molecular formula is C7H13NO3. The van der Waals surface area contributed by atoms with Gasteiger partial charge in [-0.25, -0.2) is 4.79 Å². The van der Waals surface area contributed by atoms with Crippen molar-refractivity contribution in [1.29, 1.82) is 0 Å². The molecule has 0 aliphatic carbocycles. The van der Waals surface area contributed by atoms with Crippen LogP contribution >= 0.6 is 0 Å². The van der Waals surface area contributed by atoms with Crippen LogP contribution in [0.25, 0.3) is 0 Å². The summed E-state index contributed by atoms with van der Waals surface area (Å²) >= 11 is 0. The summed E-state index contributed by atoms with van der Waals surface area (Å²) in [5.74, 6) is -0.935. The molecule has 4 heteroatoms. The van der Waals surface area contributed by atoms with E-state index in [2.05, 4.69) is 0 Å². The first-order valence-electron chi connectivity index (χ1n) is 3.40. The van der Waals surface area contributed by atoms with Gasteiger partial charge in [0.05, 0.1) is 6.61 Å². The van der Waals surface area contributed by atoms with Crippen molar-refractivity contribution in [2.24, 2.45) is 0 Å². The van der Waals surface area contributed by atoms with Gasteiger partial charge in [-0.2, -0.15) is 5.06 Å². The van der Waals surface area contributed by atoms with Gasteiger partial charge in [0.2, 0.25) is 0 Å². The molecule has 0 atom stereocenters. The number of rotatable bonds is 5. The summed E-state index contributed by atoms with van der Waals surface area (Å²) in [5.41, 5.74) is 0. The van der Waals surface area contributed by atoms with Gasteiger partial charge < -0.3 is 5.11 Å². The summed E-state index contributed by atoms with van der Waals surface area (Å²) < 4.78 is 0. The Morgan fingerprint density at radius 1 is 1.73 bits per heavy atom. The van der Waals surface area contributed by atoms with Crippen molar-refractivity contribution in [3.63, 3.8) is 0 Å². The fraction of sp³-hybridized carbons (Fsp3) is 0.571. The normalized spacial score (nSPS) is 11.2. The van der Waals surface area contributed by atoms with Gasteiger partial charge in [0, 0.05) is 19.7 Å². The zero-order valence-corrected chi connectivity index (χ0v) is 6.78. The van der Waals surface area contributed by atoms with E-state index in [4.69, 9.17) is 9.94 Å². The highest BCUT2D eigenvalue weighted by Crippen LogP contribution is 1.84. The molecule has 0 aromatic carbocycles. The predicted molar refractivity (Wildman–Crippen MR) is 41.0 cm³/mol. The van der Waals surface area contributed by atoms with Crippen molar-refractivity contribution >= 4 is 5.97 Å². The standard InChI is InChI=1S/C7H13NO3/c1-3-11-8(2)6-4-5-7(9)10/h4-5H,3,6H2,1-2H3,(H,9,10). The lowest BCUT2D eigenvalue weighted by molar-refractivity contribution is -0.132. The molecule has 0 heterocycles. The van der Waals surface area contributed by atoms with Crippen LogP contribution < -0.4 is 0 Å². The lowest BCUT2D eigenvalue weighted by atomic mass is 10.5. The second kappa shape index (κ2) is 5.88. The largest absolute Gasteiger partial charge is 0.478 e. The number of hydrogen-bond acceptors (Lipinski definition) is 3. The zero-order valence-electron chi connectivity index (χ0n) is 6.78. The molecule has 0 aliphatic heterocycles. The van der Waals surface area contributed by atoms with Gasteiger partial charge in [-0.05, 0) is 6.92 Å². The van der Waals surface area contributed by atoms with E-state index < -0.39 is 5.97 Å². The summed E-state index contributed by atoms with van der Waals surface area (Å²) in [6.45, 7) is 2.95. The fourth-order valence-electron chi connectivity index (χ4n) is 0.575. The molecule has 0 aromatic heterocycles. The maximum atomic E-state index is 9.99. The molecule has 0 bridgehead atoms. The van der Waals surface area contributed by atoms with Crippen molar-refractivity contribution in [2.75, 3.05) is 20.2 Å². The summed E-state index contributed by atoms with van der Waals surface area (Å²) in [4.78, 5) is 15.0. The third-order valence-electron chi connectivity index (χ3n) is 0.972. The maximum Gasteiger partial charge on any atom is 0.328 e. The molecule has 0 unspecified atom stereocenters. The summed E-state index contributed by atoms with van der Waals surface area (Å²) in [7, 11) is 1.75. The molecule has 4 nitrogen and oxygen atoms in total. The molecule has 0 aliphatic rings. The van der Waals surface area contributed by atoms with Gasteiger partial charge in [0.15, 0.2) is 0 Å². The van der Waals surface area contributed by atoms with Gasteiger partial charge in [-0.3, -0.25) is 4.84 Å². The molecule has 0 spiro atoms. The third kappa shape index (κ3) is 7.02. The minimum absolute atomic E-state index is 0.486. The zero-order chi connectivity index (χ0) is 8.69. The molecule has 0 amide bonds. The smallest absolute Gasteiger partial charge is 0.328 e. The van der Waals surface area contributed by atoms with Crippen molar-refractivity contribution in [3.8, 4) is 0 Å². The number of nitrogens with zero attached hydrogens (tertiary/aromatic N) is 1. The number of hydrogen-bond donors (Lipinski definition) is 1. The van der Waals surface area contributed by atoms with Gasteiger partial charge >= 0.3 is 5.97 Å². The Kier molecular flexibility index (Phi) is 5.42. The van der Waals surface area contributed by atoms with Crippen LogP contribution in [0.4, 0.5) is 0 Å². The molecule has 0 saturated carbocycles. The average Bonchev–Trinajstić information content (AvgIpc) is 1.87. The topological polar surface area (TPSA) is 49.8 Å². The van der Waals surface area contributed by atoms with Crippen molar-refractivity contribution in [2.45, 2.75) is 6.92 Å². The number of aliphatic carboxylic acids is 1. The number of carboxylic acid groups (broad SMARTS) is 1. The van der Waals surface area contributed by atoms with E-state index in [0.717, 1.165) is 6.08 Å². The second-order valence-electron chi connectivity index (χ2n) is 1.97. The van der Waals surface area contributed by atoms with Crippen LogP contribution in [0.5, 0.6) is 0 Å². The lowest BCUT2D eigenvalue weighted by Gasteiger charge is -2.11. The lowest BCUT2D eigenvalue weighted by Crippen LogP contribution is -2.18. The van der Waals surface area contributed by atoms with Crippen LogP contribution in [0, 0.1) is 0 Å². The van der Waals surface area contributed by atoms with E-state index in [1.54, 1.807) is 12.1 Å². The Morgan fingerprint density at radius 2 is 2.36 bits per heavy atom. The van der Waals surface area contributed by atoms with Gasteiger partial charge in [-0.1, -0.05) is 6.08 Å². The van der Waals surface area contributed by atoms with Crippen molar-refractivity contribution in [1.82, 2.24) is 5.06 Å². The monoisotopic (exact) mass is 159 g/mol. The highest BCUT2D eigenvalue weighted by Gasteiger charge is 1.92. The molecule has 1 N–H and O–H groups in total. The summed E-state index contributed by atoms with van der Waals surface area (Å²) in [5, 5.41) is 9.78. The third-order valence-corrected chi connectivity index (χ3v) is 0.972. The van der Waals surface area contributed by atoms with Crippen molar-refractivity contribution < 1.29 is 14.7 Å². The first-order valence-corrected chi connectivity index (χ1v) is 3.40. The average molecular weight is 159 g/mol. The Morgan fingerprint density at radius 3 is 2.82 bits per heavy atom. The first-order chi connectivity index (χ1) is 5.16. The number of hydroxylamine groups is 2. The van der Waals surface area contributed by atoms with Crippen LogP contribution in [0.1, 0.15) is 6.92 Å².